The SMILES string of the molecule is Cc1cc(C(=O)CCN)c(F)cc1Br. The minimum atomic E-state index is -0.499. The van der Waals surface area contributed by atoms with Gasteiger partial charge in [0.15, 0.2) is 5.78 Å². The van der Waals surface area contributed by atoms with Crippen LogP contribution < -0.4 is 5.73 Å². The molecule has 0 saturated heterocycles. The zero-order valence-electron chi connectivity index (χ0n) is 7.81. The van der Waals surface area contributed by atoms with Gasteiger partial charge in [-0.15, -0.1) is 0 Å². The van der Waals surface area contributed by atoms with Crippen molar-refractivity contribution in [3.8, 4) is 0 Å². The van der Waals surface area contributed by atoms with E-state index in [0.717, 1.165) is 5.56 Å². The topological polar surface area (TPSA) is 43.1 Å². The summed E-state index contributed by atoms with van der Waals surface area (Å²) in [5, 5.41) is 0. The number of carbonyl (C=O) groups is 1. The Bertz CT molecular complexity index is 365. The van der Waals surface area contributed by atoms with Crippen LogP contribution in [-0.2, 0) is 0 Å². The molecule has 0 aliphatic heterocycles. The van der Waals surface area contributed by atoms with Crippen LogP contribution in [0.25, 0.3) is 0 Å². The van der Waals surface area contributed by atoms with Crippen LogP contribution in [-0.4, -0.2) is 12.3 Å². The number of nitrogens with two attached hydrogens (primary N) is 1. The van der Waals surface area contributed by atoms with Gasteiger partial charge in [-0.25, -0.2) is 4.39 Å². The van der Waals surface area contributed by atoms with E-state index in [4.69, 9.17) is 5.73 Å². The van der Waals surface area contributed by atoms with Crippen LogP contribution in [0.15, 0.2) is 16.6 Å². The first-order valence-corrected chi connectivity index (χ1v) is 5.04. The fraction of sp³-hybridized carbons (Fsp3) is 0.300. The Morgan fingerprint density at radius 3 is 2.79 bits per heavy atom. The molecule has 0 amide bonds. The molecule has 0 saturated carbocycles. The van der Waals surface area contributed by atoms with Crippen LogP contribution in [0.1, 0.15) is 22.3 Å². The first kappa shape index (κ1) is 11.3. The number of benzene rings is 1. The zero-order valence-corrected chi connectivity index (χ0v) is 9.40. The molecular formula is C10H11BrFNO. The molecule has 14 heavy (non-hydrogen) atoms. The summed E-state index contributed by atoms with van der Waals surface area (Å²) in [6.45, 7) is 2.05. The standard InChI is InChI=1S/C10H11BrFNO/c1-6-4-7(10(14)2-3-13)9(12)5-8(6)11/h4-5H,2-3,13H2,1H3. The second-order valence-corrected chi connectivity index (χ2v) is 3.90. The fourth-order valence-corrected chi connectivity index (χ4v) is 1.45. The molecule has 0 fully saturated rings. The number of hydrogen-bond acceptors (Lipinski definition) is 2. The maximum Gasteiger partial charge on any atom is 0.167 e. The van der Waals surface area contributed by atoms with Crippen LogP contribution in [0.4, 0.5) is 4.39 Å². The van der Waals surface area contributed by atoms with Crippen molar-refractivity contribution >= 4 is 21.7 Å². The molecule has 76 valence electrons. The van der Waals surface area contributed by atoms with Gasteiger partial charge in [0, 0.05) is 10.9 Å². The molecule has 1 aromatic rings. The maximum absolute atomic E-state index is 13.3. The van der Waals surface area contributed by atoms with Crippen molar-refractivity contribution in [2.45, 2.75) is 13.3 Å². The highest BCUT2D eigenvalue weighted by Crippen LogP contribution is 2.21. The van der Waals surface area contributed by atoms with Gasteiger partial charge in [0.2, 0.25) is 0 Å². The van der Waals surface area contributed by atoms with Gasteiger partial charge in [-0.1, -0.05) is 15.9 Å². The molecule has 2 N–H and O–H groups in total. The Labute approximate surface area is 90.4 Å². The summed E-state index contributed by atoms with van der Waals surface area (Å²) in [5.41, 5.74) is 6.19. The molecule has 0 heterocycles. The zero-order chi connectivity index (χ0) is 10.7. The smallest absolute Gasteiger partial charge is 0.167 e. The minimum Gasteiger partial charge on any atom is -0.330 e. The summed E-state index contributed by atoms with van der Waals surface area (Å²) in [5.74, 6) is -0.749. The Morgan fingerprint density at radius 2 is 2.21 bits per heavy atom. The summed E-state index contributed by atoms with van der Waals surface area (Å²) in [6.07, 6.45) is 0.179. The molecule has 1 aromatic carbocycles. The van der Waals surface area contributed by atoms with E-state index in [1.807, 2.05) is 6.92 Å². The van der Waals surface area contributed by atoms with Gasteiger partial charge in [-0.05, 0) is 31.2 Å². The third-order valence-electron chi connectivity index (χ3n) is 1.92. The van der Waals surface area contributed by atoms with Crippen molar-refractivity contribution in [3.05, 3.63) is 33.5 Å². The van der Waals surface area contributed by atoms with Crippen LogP contribution in [0.2, 0.25) is 0 Å². The van der Waals surface area contributed by atoms with Gasteiger partial charge in [0.1, 0.15) is 5.82 Å². The number of halogens is 2. The quantitative estimate of drug-likeness (QED) is 0.848. The lowest BCUT2D eigenvalue weighted by atomic mass is 10.1. The first-order valence-electron chi connectivity index (χ1n) is 4.25. The Hall–Kier alpha value is -0.740. The Morgan fingerprint density at radius 1 is 1.57 bits per heavy atom. The van der Waals surface area contributed by atoms with E-state index in [-0.39, 0.29) is 24.3 Å². The van der Waals surface area contributed by atoms with E-state index in [9.17, 15) is 9.18 Å². The van der Waals surface area contributed by atoms with Crippen molar-refractivity contribution in [2.24, 2.45) is 5.73 Å². The highest BCUT2D eigenvalue weighted by atomic mass is 79.9. The molecule has 0 atom stereocenters. The summed E-state index contributed by atoms with van der Waals surface area (Å²) >= 11 is 3.19. The summed E-state index contributed by atoms with van der Waals surface area (Å²) < 4.78 is 14.0. The van der Waals surface area contributed by atoms with Gasteiger partial charge >= 0.3 is 0 Å². The molecule has 0 aliphatic carbocycles. The van der Waals surface area contributed by atoms with E-state index >= 15 is 0 Å². The van der Waals surface area contributed by atoms with E-state index in [2.05, 4.69) is 15.9 Å². The van der Waals surface area contributed by atoms with E-state index < -0.39 is 5.82 Å². The van der Waals surface area contributed by atoms with Gasteiger partial charge in [-0.3, -0.25) is 4.79 Å². The summed E-state index contributed by atoms with van der Waals surface area (Å²) in [7, 11) is 0. The van der Waals surface area contributed by atoms with E-state index in [1.54, 1.807) is 0 Å². The fourth-order valence-electron chi connectivity index (χ4n) is 1.14. The van der Waals surface area contributed by atoms with Crippen molar-refractivity contribution in [1.82, 2.24) is 0 Å². The molecule has 0 bridgehead atoms. The summed E-state index contributed by atoms with van der Waals surface area (Å²) in [4.78, 5) is 11.4. The normalized spacial score (nSPS) is 10.3. The number of ketones is 1. The monoisotopic (exact) mass is 259 g/mol. The van der Waals surface area contributed by atoms with Gasteiger partial charge < -0.3 is 5.73 Å². The van der Waals surface area contributed by atoms with Crippen LogP contribution in [0.5, 0.6) is 0 Å². The van der Waals surface area contributed by atoms with Crippen molar-refractivity contribution in [3.63, 3.8) is 0 Å². The number of Topliss-reactive ketones (excluding diaryl/α,β-unsaturated/α-hetero) is 1. The van der Waals surface area contributed by atoms with E-state index in [1.165, 1.54) is 12.1 Å². The Kier molecular flexibility index (Phi) is 3.77. The molecule has 0 aliphatic rings. The molecule has 2 nitrogen and oxygen atoms in total. The van der Waals surface area contributed by atoms with Crippen LogP contribution >= 0.6 is 15.9 Å². The van der Waals surface area contributed by atoms with Crippen molar-refractivity contribution in [1.29, 1.82) is 0 Å². The predicted molar refractivity (Wildman–Crippen MR) is 56.8 cm³/mol. The van der Waals surface area contributed by atoms with Crippen molar-refractivity contribution < 1.29 is 9.18 Å². The first-order chi connectivity index (χ1) is 6.56. The number of rotatable bonds is 3. The molecule has 4 heteroatoms. The van der Waals surface area contributed by atoms with Crippen LogP contribution in [0, 0.1) is 12.7 Å². The highest BCUT2D eigenvalue weighted by molar-refractivity contribution is 9.10. The predicted octanol–water partition coefficient (Wildman–Crippen LogP) is 2.43. The Balaban J connectivity index is 3.09. The van der Waals surface area contributed by atoms with Gasteiger partial charge in [0.25, 0.3) is 0 Å². The average molecular weight is 260 g/mol. The maximum atomic E-state index is 13.3. The van der Waals surface area contributed by atoms with Crippen LogP contribution in [0.3, 0.4) is 0 Å². The van der Waals surface area contributed by atoms with Crippen molar-refractivity contribution in [2.75, 3.05) is 6.54 Å². The number of carbonyl (C=O) groups excluding carboxylic acids is 1. The van der Waals surface area contributed by atoms with Gasteiger partial charge in [-0.2, -0.15) is 0 Å². The molecular weight excluding hydrogens is 249 g/mol. The molecule has 0 unspecified atom stereocenters. The lowest BCUT2D eigenvalue weighted by molar-refractivity contribution is 0.0981. The number of hydrogen-bond donors (Lipinski definition) is 1. The molecule has 0 radical (unpaired) electrons. The number of aryl methyl sites for hydroxylation is 1. The average Bonchev–Trinajstić information content (AvgIpc) is 2.11. The van der Waals surface area contributed by atoms with E-state index in [0.29, 0.717) is 4.47 Å². The lowest BCUT2D eigenvalue weighted by Gasteiger charge is -2.04. The third kappa shape index (κ3) is 2.39. The van der Waals surface area contributed by atoms with Gasteiger partial charge in [0.05, 0.1) is 5.56 Å². The molecule has 0 aromatic heterocycles. The highest BCUT2D eigenvalue weighted by Gasteiger charge is 2.12. The largest absolute Gasteiger partial charge is 0.330 e. The summed E-state index contributed by atoms with van der Waals surface area (Å²) in [6, 6.07) is 2.84. The second-order valence-electron chi connectivity index (χ2n) is 3.04. The molecule has 0 spiro atoms. The lowest BCUT2D eigenvalue weighted by Crippen LogP contribution is -2.10. The minimum absolute atomic E-state index is 0.121. The molecule has 1 rings (SSSR count). The third-order valence-corrected chi connectivity index (χ3v) is 2.77. The second kappa shape index (κ2) is 4.66.